The molecule has 0 saturated carbocycles. The van der Waals surface area contributed by atoms with Crippen molar-refractivity contribution in [2.75, 3.05) is 30.5 Å². The number of hydrogen-bond acceptors (Lipinski definition) is 3. The number of nitrogens with one attached hydrogen (secondary N) is 1. The van der Waals surface area contributed by atoms with Gasteiger partial charge in [0.25, 0.3) is 0 Å². The summed E-state index contributed by atoms with van der Waals surface area (Å²) in [5, 5.41) is 3.62. The number of benzene rings is 1. The highest BCUT2D eigenvalue weighted by Gasteiger charge is 2.03. The fraction of sp³-hybridized carbons (Fsp3) is 0.533. The van der Waals surface area contributed by atoms with E-state index in [2.05, 4.69) is 35.1 Å². The maximum atomic E-state index is 11.7. The number of halogens is 1. The standard InChI is InChI=1S/C15H22BrNO3/c1-12(2)11-19-9-7-15(18)17-13-3-5-14(6-4-13)20-10-8-16/h3-6,12H,7-11H2,1-2H3,(H,17,18). The minimum Gasteiger partial charge on any atom is -0.493 e. The summed E-state index contributed by atoms with van der Waals surface area (Å²) in [5.41, 5.74) is 0.769. The Labute approximate surface area is 129 Å². The molecule has 112 valence electrons. The van der Waals surface area contributed by atoms with E-state index in [0.29, 0.717) is 32.2 Å². The van der Waals surface area contributed by atoms with Crippen LogP contribution in [0.15, 0.2) is 24.3 Å². The topological polar surface area (TPSA) is 47.6 Å². The number of anilines is 1. The summed E-state index contributed by atoms with van der Waals surface area (Å²) >= 11 is 3.30. The molecule has 0 aliphatic rings. The Balaban J connectivity index is 2.27. The van der Waals surface area contributed by atoms with Crippen LogP contribution < -0.4 is 10.1 Å². The van der Waals surface area contributed by atoms with Crippen molar-refractivity contribution in [2.45, 2.75) is 20.3 Å². The van der Waals surface area contributed by atoms with E-state index in [4.69, 9.17) is 9.47 Å². The van der Waals surface area contributed by atoms with Crippen LogP contribution in [-0.2, 0) is 9.53 Å². The second kappa shape index (κ2) is 9.77. The van der Waals surface area contributed by atoms with Crippen LogP contribution in [0.1, 0.15) is 20.3 Å². The van der Waals surface area contributed by atoms with Crippen molar-refractivity contribution in [3.8, 4) is 5.75 Å². The number of carbonyl (C=O) groups excluding carboxylic acids is 1. The Morgan fingerprint density at radius 1 is 1.25 bits per heavy atom. The Bertz CT molecular complexity index is 393. The Morgan fingerprint density at radius 2 is 1.95 bits per heavy atom. The first-order valence-electron chi connectivity index (χ1n) is 6.78. The zero-order valence-corrected chi connectivity index (χ0v) is 13.6. The SMILES string of the molecule is CC(C)COCCC(=O)Nc1ccc(OCCBr)cc1. The largest absolute Gasteiger partial charge is 0.493 e. The third-order valence-corrected chi connectivity index (χ3v) is 2.73. The smallest absolute Gasteiger partial charge is 0.226 e. The van der Waals surface area contributed by atoms with Crippen molar-refractivity contribution < 1.29 is 14.3 Å². The van der Waals surface area contributed by atoms with Crippen LogP contribution in [0.5, 0.6) is 5.75 Å². The Hall–Kier alpha value is -1.07. The minimum absolute atomic E-state index is 0.0390. The third-order valence-electron chi connectivity index (χ3n) is 2.41. The summed E-state index contributed by atoms with van der Waals surface area (Å²) in [6.07, 6.45) is 0.370. The first kappa shape index (κ1) is 17.0. The van der Waals surface area contributed by atoms with Crippen molar-refractivity contribution in [1.82, 2.24) is 0 Å². The number of carbonyl (C=O) groups is 1. The van der Waals surface area contributed by atoms with Crippen LogP contribution in [-0.4, -0.2) is 31.1 Å². The van der Waals surface area contributed by atoms with Gasteiger partial charge in [0.05, 0.1) is 19.6 Å². The van der Waals surface area contributed by atoms with Gasteiger partial charge in [-0.05, 0) is 30.2 Å². The highest BCUT2D eigenvalue weighted by molar-refractivity contribution is 9.09. The van der Waals surface area contributed by atoms with E-state index >= 15 is 0 Å². The van der Waals surface area contributed by atoms with E-state index in [1.54, 1.807) is 0 Å². The lowest BCUT2D eigenvalue weighted by Gasteiger charge is -2.08. The molecule has 1 aromatic carbocycles. The molecule has 5 heteroatoms. The van der Waals surface area contributed by atoms with Gasteiger partial charge in [0.2, 0.25) is 5.91 Å². The van der Waals surface area contributed by atoms with Gasteiger partial charge in [-0.25, -0.2) is 0 Å². The molecule has 0 aliphatic carbocycles. The van der Waals surface area contributed by atoms with Crippen molar-refractivity contribution in [3.05, 3.63) is 24.3 Å². The van der Waals surface area contributed by atoms with Crippen molar-refractivity contribution in [3.63, 3.8) is 0 Å². The number of amides is 1. The first-order valence-corrected chi connectivity index (χ1v) is 7.90. The molecule has 0 aliphatic heterocycles. The molecule has 0 spiro atoms. The minimum atomic E-state index is -0.0390. The van der Waals surface area contributed by atoms with Gasteiger partial charge in [0, 0.05) is 17.6 Å². The van der Waals surface area contributed by atoms with Crippen LogP contribution >= 0.6 is 15.9 Å². The molecule has 0 atom stereocenters. The summed E-state index contributed by atoms with van der Waals surface area (Å²) < 4.78 is 10.8. The summed E-state index contributed by atoms with van der Waals surface area (Å²) in [4.78, 5) is 11.7. The zero-order valence-electron chi connectivity index (χ0n) is 12.0. The average molecular weight is 344 g/mol. The molecule has 20 heavy (non-hydrogen) atoms. The maximum absolute atomic E-state index is 11.7. The van der Waals surface area contributed by atoms with E-state index in [0.717, 1.165) is 16.8 Å². The van der Waals surface area contributed by atoms with Crippen molar-refractivity contribution >= 4 is 27.5 Å². The molecule has 1 rings (SSSR count). The van der Waals surface area contributed by atoms with Gasteiger partial charge < -0.3 is 14.8 Å². The monoisotopic (exact) mass is 343 g/mol. The molecule has 0 bridgehead atoms. The van der Waals surface area contributed by atoms with E-state index in [1.807, 2.05) is 24.3 Å². The highest BCUT2D eigenvalue weighted by Crippen LogP contribution is 2.15. The molecule has 0 saturated heterocycles. The van der Waals surface area contributed by atoms with Crippen LogP contribution in [0.4, 0.5) is 5.69 Å². The summed E-state index contributed by atoms with van der Waals surface area (Å²) in [6, 6.07) is 7.34. The molecule has 0 aromatic heterocycles. The highest BCUT2D eigenvalue weighted by atomic mass is 79.9. The predicted molar refractivity (Wildman–Crippen MR) is 84.6 cm³/mol. The fourth-order valence-corrected chi connectivity index (χ4v) is 1.66. The maximum Gasteiger partial charge on any atom is 0.226 e. The van der Waals surface area contributed by atoms with Gasteiger partial charge in [-0.1, -0.05) is 29.8 Å². The van der Waals surface area contributed by atoms with Gasteiger partial charge in [-0.3, -0.25) is 4.79 Å². The number of ether oxygens (including phenoxy) is 2. The molecular weight excluding hydrogens is 322 g/mol. The van der Waals surface area contributed by atoms with E-state index in [9.17, 15) is 4.79 Å². The summed E-state index contributed by atoms with van der Waals surface area (Å²) in [6.45, 7) is 5.93. The van der Waals surface area contributed by atoms with Gasteiger partial charge in [-0.15, -0.1) is 0 Å². The molecular formula is C15H22BrNO3. The molecule has 1 amide bonds. The van der Waals surface area contributed by atoms with Gasteiger partial charge in [0.1, 0.15) is 5.75 Å². The normalized spacial score (nSPS) is 10.6. The van der Waals surface area contributed by atoms with Crippen molar-refractivity contribution in [1.29, 1.82) is 0 Å². The molecule has 0 unspecified atom stereocenters. The lowest BCUT2D eigenvalue weighted by molar-refractivity contribution is -0.117. The molecule has 0 fully saturated rings. The average Bonchev–Trinajstić information content (AvgIpc) is 2.43. The second-order valence-electron chi connectivity index (χ2n) is 4.83. The van der Waals surface area contributed by atoms with E-state index in [1.165, 1.54) is 0 Å². The lowest BCUT2D eigenvalue weighted by atomic mass is 10.2. The third kappa shape index (κ3) is 7.50. The Kier molecular flexibility index (Phi) is 8.30. The summed E-state index contributed by atoms with van der Waals surface area (Å²) in [5.74, 6) is 1.25. The summed E-state index contributed by atoms with van der Waals surface area (Å²) in [7, 11) is 0. The van der Waals surface area contributed by atoms with Crippen molar-refractivity contribution in [2.24, 2.45) is 5.92 Å². The zero-order chi connectivity index (χ0) is 14.8. The molecule has 0 radical (unpaired) electrons. The van der Waals surface area contributed by atoms with Gasteiger partial charge in [0.15, 0.2) is 0 Å². The molecule has 0 heterocycles. The lowest BCUT2D eigenvalue weighted by Crippen LogP contribution is -2.15. The van der Waals surface area contributed by atoms with E-state index < -0.39 is 0 Å². The Morgan fingerprint density at radius 3 is 2.55 bits per heavy atom. The van der Waals surface area contributed by atoms with Gasteiger partial charge in [-0.2, -0.15) is 0 Å². The van der Waals surface area contributed by atoms with Crippen LogP contribution in [0.3, 0.4) is 0 Å². The number of hydrogen-bond donors (Lipinski definition) is 1. The van der Waals surface area contributed by atoms with Crippen LogP contribution in [0, 0.1) is 5.92 Å². The number of rotatable bonds is 9. The van der Waals surface area contributed by atoms with E-state index in [-0.39, 0.29) is 5.91 Å². The molecule has 1 aromatic rings. The first-order chi connectivity index (χ1) is 9.61. The van der Waals surface area contributed by atoms with Crippen LogP contribution in [0.25, 0.3) is 0 Å². The van der Waals surface area contributed by atoms with Crippen LogP contribution in [0.2, 0.25) is 0 Å². The second-order valence-corrected chi connectivity index (χ2v) is 5.62. The number of alkyl halides is 1. The van der Waals surface area contributed by atoms with Gasteiger partial charge >= 0.3 is 0 Å². The molecule has 4 nitrogen and oxygen atoms in total. The quantitative estimate of drug-likeness (QED) is 0.551. The predicted octanol–water partition coefficient (Wildman–Crippen LogP) is 3.46. The molecule has 1 N–H and O–H groups in total. The fourth-order valence-electron chi connectivity index (χ4n) is 1.50.